The van der Waals surface area contributed by atoms with E-state index in [1.54, 1.807) is 36.4 Å². The number of hydrogen-bond donors (Lipinski definition) is 0. The third-order valence-electron chi connectivity index (χ3n) is 5.19. The van der Waals surface area contributed by atoms with Crippen LogP contribution in [-0.2, 0) is 9.47 Å². The van der Waals surface area contributed by atoms with Crippen molar-refractivity contribution in [2.24, 2.45) is 20.5 Å². The van der Waals surface area contributed by atoms with Crippen molar-refractivity contribution in [3.63, 3.8) is 0 Å². The second kappa shape index (κ2) is 11.4. The molecule has 0 unspecified atom stereocenters. The normalized spacial score (nSPS) is 11.1. The predicted molar refractivity (Wildman–Crippen MR) is 136 cm³/mol. The summed E-state index contributed by atoms with van der Waals surface area (Å²) < 4.78 is 9.74. The van der Waals surface area contributed by atoms with E-state index in [1.807, 2.05) is 60.7 Å². The lowest BCUT2D eigenvalue weighted by molar-refractivity contribution is 0.0592. The van der Waals surface area contributed by atoms with Crippen molar-refractivity contribution >= 4 is 34.7 Å². The van der Waals surface area contributed by atoms with Gasteiger partial charge in [0.1, 0.15) is 0 Å². The first-order chi connectivity index (χ1) is 17.6. The van der Waals surface area contributed by atoms with Gasteiger partial charge in [-0.25, -0.2) is 9.59 Å². The first-order valence-corrected chi connectivity index (χ1v) is 11.0. The Labute approximate surface area is 208 Å². The maximum Gasteiger partial charge on any atom is 0.337 e. The second-order valence-corrected chi connectivity index (χ2v) is 7.52. The Morgan fingerprint density at radius 2 is 0.917 bits per heavy atom. The van der Waals surface area contributed by atoms with Crippen LogP contribution in [0.15, 0.2) is 118 Å². The summed E-state index contributed by atoms with van der Waals surface area (Å²) >= 11 is 0. The molecule has 0 aliphatic heterocycles. The lowest BCUT2D eigenvalue weighted by Crippen LogP contribution is -2.01. The zero-order valence-electron chi connectivity index (χ0n) is 19.7. The molecule has 0 aromatic heterocycles. The van der Waals surface area contributed by atoms with Gasteiger partial charge in [-0.15, -0.1) is 10.2 Å². The highest BCUT2D eigenvalue weighted by Gasteiger charge is 2.16. The molecule has 4 aromatic rings. The molecule has 4 aromatic carbocycles. The summed E-state index contributed by atoms with van der Waals surface area (Å²) in [5.41, 5.74) is 4.06. The Morgan fingerprint density at radius 1 is 0.528 bits per heavy atom. The van der Waals surface area contributed by atoms with Gasteiger partial charge < -0.3 is 9.47 Å². The van der Waals surface area contributed by atoms with E-state index < -0.39 is 11.9 Å². The smallest absolute Gasteiger partial charge is 0.337 e. The van der Waals surface area contributed by atoms with E-state index in [2.05, 4.69) is 20.5 Å². The third kappa shape index (κ3) is 5.74. The van der Waals surface area contributed by atoms with Crippen LogP contribution in [0.5, 0.6) is 0 Å². The predicted octanol–water partition coefficient (Wildman–Crippen LogP) is 7.76. The topological polar surface area (TPSA) is 102 Å². The van der Waals surface area contributed by atoms with Crippen LogP contribution in [0.1, 0.15) is 20.7 Å². The molecule has 8 heteroatoms. The lowest BCUT2D eigenvalue weighted by Gasteiger charge is -2.11. The number of rotatable bonds is 7. The molecule has 8 nitrogen and oxygen atoms in total. The van der Waals surface area contributed by atoms with Gasteiger partial charge in [0.15, 0.2) is 0 Å². The molecule has 0 heterocycles. The highest BCUT2D eigenvalue weighted by atomic mass is 16.5. The van der Waals surface area contributed by atoms with Crippen LogP contribution in [0.2, 0.25) is 0 Å². The van der Waals surface area contributed by atoms with E-state index in [1.165, 1.54) is 14.2 Å². The van der Waals surface area contributed by atoms with Crippen LogP contribution in [-0.4, -0.2) is 26.2 Å². The second-order valence-electron chi connectivity index (χ2n) is 7.52. The van der Waals surface area contributed by atoms with E-state index in [0.717, 1.165) is 0 Å². The van der Waals surface area contributed by atoms with Gasteiger partial charge >= 0.3 is 11.9 Å². The largest absolute Gasteiger partial charge is 0.465 e. The average molecular weight is 479 g/mol. The van der Waals surface area contributed by atoms with Crippen molar-refractivity contribution in [1.82, 2.24) is 0 Å². The van der Waals surface area contributed by atoms with Crippen LogP contribution in [0.25, 0.3) is 11.1 Å². The SMILES string of the molecule is COC(=O)c1ccc(-c2ccc(C(=O)OC)cc2N=Nc2ccccc2)c(N=Nc2ccccc2)c1. The summed E-state index contributed by atoms with van der Waals surface area (Å²) in [6.45, 7) is 0. The number of nitrogens with zero attached hydrogens (tertiary/aromatic N) is 4. The number of ether oxygens (including phenoxy) is 2. The molecule has 0 atom stereocenters. The zero-order valence-corrected chi connectivity index (χ0v) is 19.7. The monoisotopic (exact) mass is 478 g/mol. The van der Waals surface area contributed by atoms with E-state index in [-0.39, 0.29) is 0 Å². The molecule has 4 rings (SSSR count). The lowest BCUT2D eigenvalue weighted by atomic mass is 9.98. The van der Waals surface area contributed by atoms with E-state index in [0.29, 0.717) is 45.0 Å². The Kier molecular flexibility index (Phi) is 7.67. The van der Waals surface area contributed by atoms with Crippen molar-refractivity contribution in [2.45, 2.75) is 0 Å². The molecule has 0 aliphatic rings. The maximum absolute atomic E-state index is 12.2. The number of hydrogen-bond acceptors (Lipinski definition) is 8. The quantitative estimate of drug-likeness (QED) is 0.200. The highest BCUT2D eigenvalue weighted by molar-refractivity contribution is 5.96. The van der Waals surface area contributed by atoms with Crippen molar-refractivity contribution in [2.75, 3.05) is 14.2 Å². The van der Waals surface area contributed by atoms with Crippen molar-refractivity contribution in [3.05, 3.63) is 108 Å². The minimum Gasteiger partial charge on any atom is -0.465 e. The fraction of sp³-hybridized carbons (Fsp3) is 0.0714. The van der Waals surface area contributed by atoms with E-state index in [9.17, 15) is 9.59 Å². The fourth-order valence-corrected chi connectivity index (χ4v) is 3.39. The minimum absolute atomic E-state index is 0.321. The van der Waals surface area contributed by atoms with Gasteiger partial charge in [-0.1, -0.05) is 48.5 Å². The summed E-state index contributed by atoms with van der Waals surface area (Å²) in [6.07, 6.45) is 0. The van der Waals surface area contributed by atoms with Crippen LogP contribution in [0.4, 0.5) is 22.7 Å². The molecule has 0 spiro atoms. The Balaban J connectivity index is 1.86. The summed E-state index contributed by atoms with van der Waals surface area (Å²) in [4.78, 5) is 24.4. The number of esters is 2. The summed E-state index contributed by atoms with van der Waals surface area (Å²) in [5.74, 6) is -0.995. The third-order valence-corrected chi connectivity index (χ3v) is 5.19. The van der Waals surface area contributed by atoms with Gasteiger partial charge in [-0.2, -0.15) is 10.2 Å². The molecule has 178 valence electrons. The standard InChI is InChI=1S/C28H22N4O4/c1-35-27(33)19-13-15-23(25(17-19)31-29-21-9-5-3-6-10-21)24-16-14-20(28(34)36-2)18-26(24)32-30-22-11-7-4-8-12-22/h3-18H,1-2H3. The van der Waals surface area contributed by atoms with Crippen LogP contribution < -0.4 is 0 Å². The van der Waals surface area contributed by atoms with Crippen LogP contribution in [0.3, 0.4) is 0 Å². The average Bonchev–Trinajstić information content (AvgIpc) is 2.95. The summed E-state index contributed by atoms with van der Waals surface area (Å²) in [5, 5.41) is 17.5. The van der Waals surface area contributed by atoms with Gasteiger partial charge in [0.05, 0.1) is 48.1 Å². The molecule has 0 saturated heterocycles. The number of methoxy groups -OCH3 is 2. The molecule has 0 aliphatic carbocycles. The van der Waals surface area contributed by atoms with Gasteiger partial charge in [0, 0.05) is 11.1 Å². The van der Waals surface area contributed by atoms with Crippen LogP contribution in [0, 0.1) is 0 Å². The molecular weight excluding hydrogens is 456 g/mol. The van der Waals surface area contributed by atoms with Gasteiger partial charge in [0.25, 0.3) is 0 Å². The fourth-order valence-electron chi connectivity index (χ4n) is 3.39. The van der Waals surface area contributed by atoms with E-state index >= 15 is 0 Å². The molecule has 0 radical (unpaired) electrons. The number of carbonyl (C=O) groups excluding carboxylic acids is 2. The summed E-state index contributed by atoms with van der Waals surface area (Å²) in [7, 11) is 2.63. The van der Waals surface area contributed by atoms with Crippen molar-refractivity contribution < 1.29 is 19.1 Å². The summed E-state index contributed by atoms with van der Waals surface area (Å²) in [6, 6.07) is 28.4. The molecule has 0 bridgehead atoms. The Bertz CT molecular complexity index is 1320. The Hall–Kier alpha value is -4.98. The first kappa shape index (κ1) is 24.2. The number of benzene rings is 4. The molecular formula is C28H22N4O4. The minimum atomic E-state index is -0.497. The number of carbonyl (C=O) groups is 2. The Morgan fingerprint density at radius 3 is 1.28 bits per heavy atom. The maximum atomic E-state index is 12.2. The first-order valence-electron chi connectivity index (χ1n) is 11.0. The van der Waals surface area contributed by atoms with Gasteiger partial charge in [-0.05, 0) is 48.5 Å². The highest BCUT2D eigenvalue weighted by Crippen LogP contribution is 2.39. The number of azo groups is 2. The molecule has 0 saturated carbocycles. The van der Waals surface area contributed by atoms with Crippen molar-refractivity contribution in [3.8, 4) is 11.1 Å². The zero-order chi connectivity index (χ0) is 25.3. The molecule has 0 N–H and O–H groups in total. The van der Waals surface area contributed by atoms with Gasteiger partial charge in [0.2, 0.25) is 0 Å². The molecule has 0 amide bonds. The molecule has 36 heavy (non-hydrogen) atoms. The van der Waals surface area contributed by atoms with E-state index in [4.69, 9.17) is 9.47 Å². The van der Waals surface area contributed by atoms with Crippen LogP contribution >= 0.6 is 0 Å². The van der Waals surface area contributed by atoms with Gasteiger partial charge in [-0.3, -0.25) is 0 Å². The molecule has 0 fully saturated rings. The van der Waals surface area contributed by atoms with Crippen molar-refractivity contribution in [1.29, 1.82) is 0 Å².